The number of imidazole rings is 1. The third-order valence-electron chi connectivity index (χ3n) is 3.76. The Kier molecular flexibility index (Phi) is 4.62. The van der Waals surface area contributed by atoms with Crippen LogP contribution in [0.3, 0.4) is 0 Å². The molecule has 0 bridgehead atoms. The van der Waals surface area contributed by atoms with Crippen molar-refractivity contribution in [3.05, 3.63) is 12.7 Å². The van der Waals surface area contributed by atoms with Gasteiger partial charge in [-0.15, -0.1) is 0 Å². The number of hydrogen-bond acceptors (Lipinski definition) is 8. The highest BCUT2D eigenvalue weighted by Gasteiger charge is 2.43. The van der Waals surface area contributed by atoms with Crippen molar-refractivity contribution in [2.24, 2.45) is 4.99 Å². The molecule has 3 rings (SSSR count). The van der Waals surface area contributed by atoms with Gasteiger partial charge in [0.25, 0.3) is 0 Å². The Balaban J connectivity index is 1.96. The molecule has 0 aromatic carbocycles. The molecule has 124 valence electrons. The van der Waals surface area contributed by atoms with Gasteiger partial charge in [0, 0.05) is 6.21 Å². The van der Waals surface area contributed by atoms with E-state index in [0.29, 0.717) is 17.0 Å². The van der Waals surface area contributed by atoms with Gasteiger partial charge in [-0.1, -0.05) is 13.3 Å². The lowest BCUT2D eigenvalue weighted by Gasteiger charge is -2.16. The minimum Gasteiger partial charge on any atom is -0.394 e. The smallest absolute Gasteiger partial charge is 0.183 e. The van der Waals surface area contributed by atoms with Gasteiger partial charge in [-0.05, 0) is 6.42 Å². The van der Waals surface area contributed by atoms with Gasteiger partial charge < -0.3 is 20.1 Å². The molecule has 2 aromatic heterocycles. The summed E-state index contributed by atoms with van der Waals surface area (Å²) < 4.78 is 7.01. The average molecular weight is 321 g/mol. The standard InChI is InChI=1S/C14H19N5O4/c1-2-3-4-15-12-9-13(17-6-16-12)19(7-18-9)14-11(22)10(21)8(5-20)23-14/h4,6-8,10-11,14,20-22H,2-3,5H2,1H3/t8-,10-,11-,14-/m1/s1. The number of aromatic nitrogens is 4. The van der Waals surface area contributed by atoms with E-state index < -0.39 is 24.5 Å². The van der Waals surface area contributed by atoms with Gasteiger partial charge >= 0.3 is 0 Å². The molecule has 0 saturated carbocycles. The second kappa shape index (κ2) is 6.67. The van der Waals surface area contributed by atoms with Crippen molar-refractivity contribution in [3.63, 3.8) is 0 Å². The Labute approximate surface area is 132 Å². The summed E-state index contributed by atoms with van der Waals surface area (Å²) in [6, 6.07) is 0. The average Bonchev–Trinajstić information content (AvgIpc) is 3.11. The highest BCUT2D eigenvalue weighted by Crippen LogP contribution is 2.32. The van der Waals surface area contributed by atoms with E-state index in [1.54, 1.807) is 6.21 Å². The second-order valence-corrected chi connectivity index (χ2v) is 5.35. The molecular weight excluding hydrogens is 302 g/mol. The van der Waals surface area contributed by atoms with Gasteiger partial charge in [-0.2, -0.15) is 0 Å². The molecule has 1 aliphatic heterocycles. The molecule has 4 atom stereocenters. The fourth-order valence-corrected chi connectivity index (χ4v) is 2.51. The minimum absolute atomic E-state index is 0.386. The van der Waals surface area contributed by atoms with E-state index >= 15 is 0 Å². The van der Waals surface area contributed by atoms with Gasteiger partial charge in [-0.3, -0.25) is 4.57 Å². The van der Waals surface area contributed by atoms with E-state index in [-0.39, 0.29) is 6.61 Å². The molecule has 23 heavy (non-hydrogen) atoms. The summed E-state index contributed by atoms with van der Waals surface area (Å²) in [5.41, 5.74) is 0.927. The molecule has 9 nitrogen and oxygen atoms in total. The zero-order chi connectivity index (χ0) is 16.4. The molecule has 1 fully saturated rings. The molecule has 9 heteroatoms. The lowest BCUT2D eigenvalue weighted by Crippen LogP contribution is -2.33. The maximum Gasteiger partial charge on any atom is 0.183 e. The third kappa shape index (κ3) is 2.83. The summed E-state index contributed by atoms with van der Waals surface area (Å²) in [4.78, 5) is 16.8. The van der Waals surface area contributed by atoms with Gasteiger partial charge in [-0.25, -0.2) is 19.9 Å². The number of ether oxygens (including phenoxy) is 1. The summed E-state index contributed by atoms with van der Waals surface area (Å²) in [5, 5.41) is 29.2. The van der Waals surface area contributed by atoms with Crippen molar-refractivity contribution < 1.29 is 20.1 Å². The first kappa shape index (κ1) is 15.9. The Morgan fingerprint density at radius 2 is 2.13 bits per heavy atom. The van der Waals surface area contributed by atoms with Crippen LogP contribution in [0.25, 0.3) is 11.2 Å². The van der Waals surface area contributed by atoms with E-state index in [4.69, 9.17) is 4.74 Å². The molecule has 0 aliphatic carbocycles. The van der Waals surface area contributed by atoms with Gasteiger partial charge in [0.05, 0.1) is 12.9 Å². The molecule has 0 spiro atoms. The van der Waals surface area contributed by atoms with Crippen LogP contribution in [0.1, 0.15) is 26.0 Å². The van der Waals surface area contributed by atoms with Crippen LogP contribution in [0.2, 0.25) is 0 Å². The normalized spacial score (nSPS) is 28.2. The Morgan fingerprint density at radius 3 is 2.83 bits per heavy atom. The van der Waals surface area contributed by atoms with E-state index in [9.17, 15) is 15.3 Å². The quantitative estimate of drug-likeness (QED) is 0.659. The van der Waals surface area contributed by atoms with Crippen molar-refractivity contribution >= 4 is 23.2 Å². The molecule has 3 heterocycles. The van der Waals surface area contributed by atoms with Gasteiger partial charge in [0.15, 0.2) is 23.2 Å². The van der Waals surface area contributed by atoms with Crippen LogP contribution >= 0.6 is 0 Å². The van der Waals surface area contributed by atoms with E-state index in [1.807, 2.05) is 0 Å². The third-order valence-corrected chi connectivity index (χ3v) is 3.76. The SMILES string of the molecule is CCCC=Nc1ncnc2c1ncn2[C@@H]1O[C@H](CO)[C@@H](O)[C@H]1O. The van der Waals surface area contributed by atoms with Crippen molar-refractivity contribution in [1.82, 2.24) is 19.5 Å². The summed E-state index contributed by atoms with van der Waals surface area (Å²) in [6.45, 7) is 1.67. The van der Waals surface area contributed by atoms with Crippen LogP contribution in [0.15, 0.2) is 17.6 Å². The predicted molar refractivity (Wildman–Crippen MR) is 81.4 cm³/mol. The first-order chi connectivity index (χ1) is 11.2. The summed E-state index contributed by atoms with van der Waals surface area (Å²) >= 11 is 0. The maximum absolute atomic E-state index is 10.1. The number of nitrogens with zero attached hydrogens (tertiary/aromatic N) is 5. The minimum atomic E-state index is -1.19. The largest absolute Gasteiger partial charge is 0.394 e. The number of hydrogen-bond donors (Lipinski definition) is 3. The number of aliphatic imine (C=N–C) groups is 1. The molecule has 1 saturated heterocycles. The zero-order valence-corrected chi connectivity index (χ0v) is 12.6. The lowest BCUT2D eigenvalue weighted by molar-refractivity contribution is -0.0511. The summed E-state index contributed by atoms with van der Waals surface area (Å²) in [7, 11) is 0. The molecule has 1 aliphatic rings. The Morgan fingerprint density at radius 1 is 1.30 bits per heavy atom. The van der Waals surface area contributed by atoms with Crippen LogP contribution < -0.4 is 0 Å². The lowest BCUT2D eigenvalue weighted by atomic mass is 10.1. The highest BCUT2D eigenvalue weighted by atomic mass is 16.6. The number of unbranched alkanes of at least 4 members (excludes halogenated alkanes) is 1. The van der Waals surface area contributed by atoms with Crippen LogP contribution in [-0.4, -0.2) is 66.0 Å². The van der Waals surface area contributed by atoms with E-state index in [2.05, 4.69) is 26.9 Å². The monoisotopic (exact) mass is 321 g/mol. The van der Waals surface area contributed by atoms with Crippen molar-refractivity contribution in [2.45, 2.75) is 44.3 Å². The van der Waals surface area contributed by atoms with E-state index in [1.165, 1.54) is 17.2 Å². The summed E-state index contributed by atoms with van der Waals surface area (Å²) in [5.74, 6) is 0.439. The van der Waals surface area contributed by atoms with Crippen LogP contribution in [-0.2, 0) is 4.74 Å². The maximum atomic E-state index is 10.1. The van der Waals surface area contributed by atoms with Gasteiger partial charge in [0.1, 0.15) is 24.6 Å². The van der Waals surface area contributed by atoms with Crippen molar-refractivity contribution in [2.75, 3.05) is 6.61 Å². The Hall–Kier alpha value is -1.94. The zero-order valence-electron chi connectivity index (χ0n) is 12.6. The number of aliphatic hydroxyl groups excluding tert-OH is 3. The predicted octanol–water partition coefficient (Wildman–Crippen LogP) is -0.0598. The van der Waals surface area contributed by atoms with Crippen molar-refractivity contribution in [1.29, 1.82) is 0 Å². The molecule has 0 radical (unpaired) electrons. The van der Waals surface area contributed by atoms with Crippen LogP contribution in [0.4, 0.5) is 5.82 Å². The number of rotatable bonds is 5. The van der Waals surface area contributed by atoms with Crippen LogP contribution in [0.5, 0.6) is 0 Å². The molecular formula is C14H19N5O4. The Bertz CT molecular complexity index is 704. The first-order valence-corrected chi connectivity index (χ1v) is 7.49. The topological polar surface area (TPSA) is 126 Å². The van der Waals surface area contributed by atoms with E-state index in [0.717, 1.165) is 12.8 Å². The molecule has 0 amide bonds. The fraction of sp³-hybridized carbons (Fsp3) is 0.571. The molecule has 0 unspecified atom stereocenters. The molecule has 3 N–H and O–H groups in total. The van der Waals surface area contributed by atoms with Gasteiger partial charge in [0.2, 0.25) is 0 Å². The summed E-state index contributed by atoms with van der Waals surface area (Å²) in [6.07, 6.45) is 2.31. The van der Waals surface area contributed by atoms with Crippen molar-refractivity contribution in [3.8, 4) is 0 Å². The fourth-order valence-electron chi connectivity index (χ4n) is 2.51. The molecule has 2 aromatic rings. The number of fused-ring (bicyclic) bond motifs is 1. The van der Waals surface area contributed by atoms with Crippen LogP contribution in [0, 0.1) is 0 Å². The second-order valence-electron chi connectivity index (χ2n) is 5.35. The first-order valence-electron chi connectivity index (χ1n) is 7.49. The number of aliphatic hydroxyl groups is 3. The highest BCUT2D eigenvalue weighted by molar-refractivity contribution is 5.83.